The van der Waals surface area contributed by atoms with Crippen molar-refractivity contribution in [2.24, 2.45) is 0 Å². The molecular formula is C13H19N. The minimum Gasteiger partial charge on any atom is -0.193 e. The Morgan fingerprint density at radius 3 is 2.43 bits per heavy atom. The number of unbranched alkanes of at least 4 members (excludes halogenated alkanes) is 2. The van der Waals surface area contributed by atoms with Crippen molar-refractivity contribution in [2.45, 2.75) is 39.0 Å². The molecular weight excluding hydrogens is 170 g/mol. The average molecular weight is 189 g/mol. The third-order valence-corrected chi connectivity index (χ3v) is 1.78. The average Bonchev–Trinajstić information content (AvgIpc) is 2.21. The van der Waals surface area contributed by atoms with E-state index in [0.717, 1.165) is 32.1 Å². The van der Waals surface area contributed by atoms with Gasteiger partial charge in [0.2, 0.25) is 0 Å². The second kappa shape index (κ2) is 11.7. The SMILES string of the molecule is CC/C=C/C/C=C/CCC/C=C/C#N. The van der Waals surface area contributed by atoms with Crippen LogP contribution in [-0.2, 0) is 0 Å². The number of allylic oxidation sites excluding steroid dienone is 6. The molecule has 0 aliphatic heterocycles. The second-order valence-electron chi connectivity index (χ2n) is 3.05. The molecule has 0 saturated carbocycles. The predicted octanol–water partition coefficient (Wildman–Crippen LogP) is 4.15. The number of hydrogen-bond donors (Lipinski definition) is 0. The van der Waals surface area contributed by atoms with Crippen molar-refractivity contribution >= 4 is 0 Å². The third-order valence-electron chi connectivity index (χ3n) is 1.78. The molecule has 0 bridgehead atoms. The lowest BCUT2D eigenvalue weighted by atomic mass is 10.2. The van der Waals surface area contributed by atoms with Crippen LogP contribution in [0.1, 0.15) is 39.0 Å². The van der Waals surface area contributed by atoms with Gasteiger partial charge in [-0.1, -0.05) is 37.3 Å². The van der Waals surface area contributed by atoms with Crippen molar-refractivity contribution in [3.8, 4) is 6.07 Å². The molecule has 0 atom stereocenters. The lowest BCUT2D eigenvalue weighted by Crippen LogP contribution is -1.69. The summed E-state index contributed by atoms with van der Waals surface area (Å²) in [6.45, 7) is 2.14. The Hall–Kier alpha value is -1.29. The van der Waals surface area contributed by atoms with Gasteiger partial charge >= 0.3 is 0 Å². The summed E-state index contributed by atoms with van der Waals surface area (Å²) >= 11 is 0. The normalized spacial score (nSPS) is 11.7. The minimum absolute atomic E-state index is 1.00. The predicted molar refractivity (Wildman–Crippen MR) is 61.8 cm³/mol. The van der Waals surface area contributed by atoms with E-state index in [0.29, 0.717) is 0 Å². The molecule has 0 N–H and O–H groups in total. The van der Waals surface area contributed by atoms with Crippen molar-refractivity contribution < 1.29 is 0 Å². The molecule has 14 heavy (non-hydrogen) atoms. The van der Waals surface area contributed by atoms with Crippen molar-refractivity contribution in [3.05, 3.63) is 36.5 Å². The number of nitriles is 1. The summed E-state index contributed by atoms with van der Waals surface area (Å²) in [7, 11) is 0. The van der Waals surface area contributed by atoms with Crippen LogP contribution in [0.2, 0.25) is 0 Å². The summed E-state index contributed by atoms with van der Waals surface area (Å²) < 4.78 is 0. The fourth-order valence-corrected chi connectivity index (χ4v) is 1.05. The molecule has 0 spiro atoms. The summed E-state index contributed by atoms with van der Waals surface area (Å²) in [6.07, 6.45) is 17.6. The number of hydrogen-bond acceptors (Lipinski definition) is 1. The Bertz CT molecular complexity index is 228. The zero-order chi connectivity index (χ0) is 10.5. The summed E-state index contributed by atoms with van der Waals surface area (Å²) in [4.78, 5) is 0. The van der Waals surface area contributed by atoms with Gasteiger partial charge in [0.1, 0.15) is 0 Å². The van der Waals surface area contributed by atoms with Crippen LogP contribution in [0.5, 0.6) is 0 Å². The van der Waals surface area contributed by atoms with Crippen LogP contribution in [0, 0.1) is 11.3 Å². The standard InChI is InChI=1S/C13H19N/c1-2-3-4-5-6-7-8-9-10-11-12-13-14/h3-4,6-7,11-12H,2,5,8-10H2,1H3/b4-3+,7-6+,12-11+. The van der Waals surface area contributed by atoms with Gasteiger partial charge in [0.15, 0.2) is 0 Å². The van der Waals surface area contributed by atoms with Gasteiger partial charge in [-0.05, 0) is 32.1 Å². The zero-order valence-electron chi connectivity index (χ0n) is 8.95. The first-order chi connectivity index (χ1) is 6.91. The summed E-state index contributed by atoms with van der Waals surface area (Å²) in [5, 5.41) is 8.23. The topological polar surface area (TPSA) is 23.8 Å². The maximum absolute atomic E-state index is 8.23. The fraction of sp³-hybridized carbons (Fsp3) is 0.462. The molecule has 0 fully saturated rings. The van der Waals surface area contributed by atoms with Crippen LogP contribution >= 0.6 is 0 Å². The van der Waals surface area contributed by atoms with Gasteiger partial charge in [-0.2, -0.15) is 5.26 Å². The fourth-order valence-electron chi connectivity index (χ4n) is 1.05. The molecule has 1 heteroatoms. The monoisotopic (exact) mass is 189 g/mol. The molecule has 1 nitrogen and oxygen atoms in total. The first-order valence-corrected chi connectivity index (χ1v) is 5.26. The van der Waals surface area contributed by atoms with Crippen molar-refractivity contribution in [2.75, 3.05) is 0 Å². The Morgan fingerprint density at radius 2 is 1.71 bits per heavy atom. The molecule has 0 aliphatic carbocycles. The van der Waals surface area contributed by atoms with Crippen LogP contribution in [0.15, 0.2) is 36.5 Å². The van der Waals surface area contributed by atoms with Crippen molar-refractivity contribution in [1.82, 2.24) is 0 Å². The van der Waals surface area contributed by atoms with Gasteiger partial charge in [-0.15, -0.1) is 0 Å². The molecule has 0 amide bonds. The van der Waals surface area contributed by atoms with E-state index < -0.39 is 0 Å². The number of nitrogens with zero attached hydrogens (tertiary/aromatic N) is 1. The van der Waals surface area contributed by atoms with Gasteiger partial charge in [-0.3, -0.25) is 0 Å². The Kier molecular flexibility index (Phi) is 10.6. The maximum atomic E-state index is 8.23. The van der Waals surface area contributed by atoms with Crippen LogP contribution < -0.4 is 0 Å². The van der Waals surface area contributed by atoms with E-state index in [9.17, 15) is 0 Å². The van der Waals surface area contributed by atoms with Gasteiger partial charge in [0, 0.05) is 6.08 Å². The smallest absolute Gasteiger partial charge is 0.0908 e. The lowest BCUT2D eigenvalue weighted by Gasteiger charge is -1.88. The molecule has 76 valence electrons. The van der Waals surface area contributed by atoms with E-state index in [1.54, 1.807) is 6.08 Å². The lowest BCUT2D eigenvalue weighted by molar-refractivity contribution is 0.866. The number of rotatable bonds is 7. The Labute approximate surface area is 87.4 Å². The third kappa shape index (κ3) is 10.7. The zero-order valence-corrected chi connectivity index (χ0v) is 8.95. The first-order valence-electron chi connectivity index (χ1n) is 5.26. The van der Waals surface area contributed by atoms with Gasteiger partial charge < -0.3 is 0 Å². The molecule has 0 aromatic heterocycles. The molecule has 0 unspecified atom stereocenters. The van der Waals surface area contributed by atoms with Crippen molar-refractivity contribution in [3.63, 3.8) is 0 Å². The molecule has 0 aromatic rings. The summed E-state index contributed by atoms with van der Waals surface area (Å²) in [5.41, 5.74) is 0. The molecule has 0 aromatic carbocycles. The Balaban J connectivity index is 3.23. The van der Waals surface area contributed by atoms with E-state index in [1.165, 1.54) is 0 Å². The van der Waals surface area contributed by atoms with E-state index >= 15 is 0 Å². The van der Waals surface area contributed by atoms with Gasteiger partial charge in [0.05, 0.1) is 6.07 Å². The van der Waals surface area contributed by atoms with Crippen molar-refractivity contribution in [1.29, 1.82) is 5.26 Å². The Morgan fingerprint density at radius 1 is 1.00 bits per heavy atom. The van der Waals surface area contributed by atoms with E-state index in [2.05, 4.69) is 31.2 Å². The van der Waals surface area contributed by atoms with Crippen LogP contribution in [0.4, 0.5) is 0 Å². The van der Waals surface area contributed by atoms with Gasteiger partial charge in [0.25, 0.3) is 0 Å². The maximum Gasteiger partial charge on any atom is 0.0908 e. The van der Waals surface area contributed by atoms with E-state index in [-0.39, 0.29) is 0 Å². The van der Waals surface area contributed by atoms with E-state index in [1.807, 2.05) is 12.1 Å². The highest BCUT2D eigenvalue weighted by atomic mass is 14.2. The van der Waals surface area contributed by atoms with Gasteiger partial charge in [-0.25, -0.2) is 0 Å². The summed E-state index contributed by atoms with van der Waals surface area (Å²) in [6, 6.07) is 1.99. The molecule has 0 saturated heterocycles. The largest absolute Gasteiger partial charge is 0.193 e. The summed E-state index contributed by atoms with van der Waals surface area (Å²) in [5.74, 6) is 0. The molecule has 0 heterocycles. The molecule has 0 rings (SSSR count). The molecule has 0 aliphatic rings. The van der Waals surface area contributed by atoms with E-state index in [4.69, 9.17) is 5.26 Å². The first kappa shape index (κ1) is 12.7. The highest BCUT2D eigenvalue weighted by Gasteiger charge is 1.79. The van der Waals surface area contributed by atoms with Crippen LogP contribution in [0.25, 0.3) is 0 Å². The highest BCUT2D eigenvalue weighted by molar-refractivity contribution is 5.01. The molecule has 0 radical (unpaired) electrons. The minimum atomic E-state index is 1.00. The second-order valence-corrected chi connectivity index (χ2v) is 3.05. The van der Waals surface area contributed by atoms with Crippen LogP contribution in [-0.4, -0.2) is 0 Å². The van der Waals surface area contributed by atoms with Crippen LogP contribution in [0.3, 0.4) is 0 Å². The highest BCUT2D eigenvalue weighted by Crippen LogP contribution is 1.99. The quantitative estimate of drug-likeness (QED) is 0.335.